The van der Waals surface area contributed by atoms with E-state index < -0.39 is 10.0 Å². The van der Waals surface area contributed by atoms with E-state index in [0.29, 0.717) is 11.3 Å². The van der Waals surface area contributed by atoms with Gasteiger partial charge in [-0.3, -0.25) is 4.72 Å². The fourth-order valence-corrected chi connectivity index (χ4v) is 2.93. The average Bonchev–Trinajstić information content (AvgIpc) is 2.86. The molecule has 0 bridgehead atoms. The molecule has 0 saturated heterocycles. The van der Waals surface area contributed by atoms with Gasteiger partial charge in [0.25, 0.3) is 10.0 Å². The molecule has 0 aliphatic rings. The summed E-state index contributed by atoms with van der Waals surface area (Å²) >= 11 is 0. The molecule has 0 spiro atoms. The summed E-state index contributed by atoms with van der Waals surface area (Å²) in [6.07, 6.45) is 2.80. The maximum absolute atomic E-state index is 12.3. The van der Waals surface area contributed by atoms with Crippen molar-refractivity contribution < 1.29 is 8.42 Å². The number of hydrogen-bond acceptors (Lipinski definition) is 4. The van der Waals surface area contributed by atoms with Crippen molar-refractivity contribution in [3.05, 3.63) is 54.4 Å². The molecule has 7 heteroatoms. The number of nitrogens with zero attached hydrogens (tertiary/aromatic N) is 3. The topological polar surface area (TPSA) is 76.4 Å². The summed E-state index contributed by atoms with van der Waals surface area (Å²) in [4.78, 5) is 4.02. The van der Waals surface area contributed by atoms with Gasteiger partial charge in [0, 0.05) is 11.9 Å². The van der Waals surface area contributed by atoms with Crippen LogP contribution >= 0.6 is 0 Å². The van der Waals surface area contributed by atoms with Crippen LogP contribution in [0.3, 0.4) is 0 Å². The first-order chi connectivity index (χ1) is 9.56. The normalized spacial score (nSPS) is 11.7. The Morgan fingerprint density at radius 3 is 2.65 bits per heavy atom. The molecule has 0 unspecified atom stereocenters. The molecule has 0 aliphatic carbocycles. The van der Waals surface area contributed by atoms with E-state index in [-0.39, 0.29) is 5.03 Å². The third-order valence-corrected chi connectivity index (χ3v) is 4.16. The molecule has 0 aliphatic heterocycles. The quantitative estimate of drug-likeness (QED) is 0.798. The average molecular weight is 288 g/mol. The van der Waals surface area contributed by atoms with E-state index in [2.05, 4.69) is 14.8 Å². The minimum Gasteiger partial charge on any atom is -0.278 e. The highest BCUT2D eigenvalue weighted by atomic mass is 32.2. The van der Waals surface area contributed by atoms with Crippen LogP contribution in [-0.2, 0) is 10.0 Å². The van der Waals surface area contributed by atoms with Crippen molar-refractivity contribution in [1.82, 2.24) is 14.6 Å². The summed E-state index contributed by atoms with van der Waals surface area (Å²) < 4.78 is 28.5. The molecule has 0 fully saturated rings. The summed E-state index contributed by atoms with van der Waals surface area (Å²) in [6.45, 7) is 1.94. The van der Waals surface area contributed by atoms with Gasteiger partial charge in [-0.25, -0.2) is 9.50 Å². The lowest BCUT2D eigenvalue weighted by Gasteiger charge is -2.07. The zero-order chi connectivity index (χ0) is 14.2. The Balaban J connectivity index is 2.01. The number of imidazole rings is 1. The monoisotopic (exact) mass is 288 g/mol. The van der Waals surface area contributed by atoms with E-state index in [1.165, 1.54) is 16.9 Å². The van der Waals surface area contributed by atoms with Crippen LogP contribution in [0.15, 0.2) is 53.8 Å². The molecular formula is C13H12N4O2S. The maximum Gasteiger partial charge on any atom is 0.281 e. The number of anilines is 1. The van der Waals surface area contributed by atoms with Crippen molar-refractivity contribution in [3.8, 4) is 0 Å². The van der Waals surface area contributed by atoms with Gasteiger partial charge in [-0.15, -0.1) is 0 Å². The Labute approximate surface area is 116 Å². The number of fused-ring (bicyclic) bond motifs is 1. The molecular weight excluding hydrogens is 276 g/mol. The van der Waals surface area contributed by atoms with Crippen molar-refractivity contribution in [1.29, 1.82) is 0 Å². The van der Waals surface area contributed by atoms with Gasteiger partial charge in [-0.1, -0.05) is 17.7 Å². The lowest BCUT2D eigenvalue weighted by atomic mass is 10.2. The number of aryl methyl sites for hydroxylation is 1. The van der Waals surface area contributed by atoms with E-state index in [9.17, 15) is 8.42 Å². The first kappa shape index (κ1) is 12.6. The Hall–Kier alpha value is -2.41. The predicted octanol–water partition coefficient (Wildman–Crippen LogP) is 1.84. The highest BCUT2D eigenvalue weighted by Gasteiger charge is 2.20. The number of benzene rings is 1. The van der Waals surface area contributed by atoms with E-state index in [0.717, 1.165) is 5.56 Å². The lowest BCUT2D eigenvalue weighted by molar-refractivity contribution is 0.593. The van der Waals surface area contributed by atoms with Gasteiger partial charge in [0.15, 0.2) is 10.7 Å². The molecule has 3 rings (SSSR count). The van der Waals surface area contributed by atoms with E-state index in [1.54, 1.807) is 24.3 Å². The zero-order valence-electron chi connectivity index (χ0n) is 10.7. The van der Waals surface area contributed by atoms with Crippen molar-refractivity contribution in [2.75, 3.05) is 4.72 Å². The van der Waals surface area contributed by atoms with Gasteiger partial charge in [0.2, 0.25) is 0 Å². The fraction of sp³-hybridized carbons (Fsp3) is 0.0769. The van der Waals surface area contributed by atoms with Gasteiger partial charge >= 0.3 is 0 Å². The van der Waals surface area contributed by atoms with Crippen LogP contribution in [0, 0.1) is 6.92 Å². The molecule has 1 aromatic carbocycles. The smallest absolute Gasteiger partial charge is 0.278 e. The van der Waals surface area contributed by atoms with Crippen LogP contribution in [0.2, 0.25) is 0 Å². The minimum absolute atomic E-state index is 0.00803. The Morgan fingerprint density at radius 1 is 1.15 bits per heavy atom. The Bertz CT molecular complexity index is 853. The van der Waals surface area contributed by atoms with Crippen LogP contribution in [0.1, 0.15) is 5.56 Å². The highest BCUT2D eigenvalue weighted by Crippen LogP contribution is 2.16. The first-order valence-corrected chi connectivity index (χ1v) is 7.43. The largest absolute Gasteiger partial charge is 0.281 e. The number of nitrogens with one attached hydrogen (secondary N) is 1. The van der Waals surface area contributed by atoms with Gasteiger partial charge in [-0.05, 0) is 31.2 Å². The second-order valence-electron chi connectivity index (χ2n) is 4.36. The molecule has 2 aromatic heterocycles. The predicted molar refractivity (Wildman–Crippen MR) is 75.0 cm³/mol. The highest BCUT2D eigenvalue weighted by molar-refractivity contribution is 7.92. The van der Waals surface area contributed by atoms with Crippen LogP contribution in [0.25, 0.3) is 5.65 Å². The van der Waals surface area contributed by atoms with Crippen molar-refractivity contribution in [3.63, 3.8) is 0 Å². The number of sulfonamides is 1. The van der Waals surface area contributed by atoms with Crippen LogP contribution in [0.5, 0.6) is 0 Å². The Kier molecular flexibility index (Phi) is 2.90. The molecule has 3 aromatic rings. The number of hydrogen-bond donors (Lipinski definition) is 1. The standard InChI is InChI=1S/C13H12N4O2S/c1-10-4-6-11(7-5-10)16-20(18,19)13-9-14-12-3-2-8-15-17(12)13/h2-9,16H,1H3. The summed E-state index contributed by atoms with van der Waals surface area (Å²) in [6, 6.07) is 10.5. The molecule has 20 heavy (non-hydrogen) atoms. The van der Waals surface area contributed by atoms with Crippen LogP contribution in [0.4, 0.5) is 5.69 Å². The summed E-state index contributed by atoms with van der Waals surface area (Å²) in [5.41, 5.74) is 2.04. The third-order valence-electron chi connectivity index (χ3n) is 2.83. The molecule has 0 radical (unpaired) electrons. The van der Waals surface area contributed by atoms with Crippen LogP contribution in [-0.4, -0.2) is 23.0 Å². The second kappa shape index (κ2) is 4.61. The van der Waals surface area contributed by atoms with E-state index in [1.807, 2.05) is 19.1 Å². The fourth-order valence-electron chi connectivity index (χ4n) is 1.82. The van der Waals surface area contributed by atoms with Crippen LogP contribution < -0.4 is 4.72 Å². The van der Waals surface area contributed by atoms with Crippen molar-refractivity contribution in [2.45, 2.75) is 11.9 Å². The summed E-state index contributed by atoms with van der Waals surface area (Å²) in [5, 5.41) is 4.01. The molecule has 0 saturated carbocycles. The first-order valence-electron chi connectivity index (χ1n) is 5.94. The SMILES string of the molecule is Cc1ccc(NS(=O)(=O)c2cnc3cccnn23)cc1. The zero-order valence-corrected chi connectivity index (χ0v) is 11.5. The molecule has 1 N–H and O–H groups in total. The molecule has 0 amide bonds. The lowest BCUT2D eigenvalue weighted by Crippen LogP contribution is -2.15. The van der Waals surface area contributed by atoms with E-state index in [4.69, 9.17) is 0 Å². The van der Waals surface area contributed by atoms with Gasteiger partial charge in [0.1, 0.15) is 0 Å². The summed E-state index contributed by atoms with van der Waals surface area (Å²) in [5.74, 6) is 0. The molecule has 102 valence electrons. The van der Waals surface area contributed by atoms with Gasteiger partial charge in [0.05, 0.1) is 6.20 Å². The second-order valence-corrected chi connectivity index (χ2v) is 5.99. The van der Waals surface area contributed by atoms with Crippen molar-refractivity contribution in [2.24, 2.45) is 0 Å². The third kappa shape index (κ3) is 2.23. The minimum atomic E-state index is -3.72. The number of aromatic nitrogens is 3. The molecule has 6 nitrogen and oxygen atoms in total. The van der Waals surface area contributed by atoms with Gasteiger partial charge in [-0.2, -0.15) is 13.5 Å². The maximum atomic E-state index is 12.3. The Morgan fingerprint density at radius 2 is 1.90 bits per heavy atom. The van der Waals surface area contributed by atoms with Crippen molar-refractivity contribution >= 4 is 21.4 Å². The summed E-state index contributed by atoms with van der Waals surface area (Å²) in [7, 11) is -3.72. The van der Waals surface area contributed by atoms with Gasteiger partial charge < -0.3 is 0 Å². The van der Waals surface area contributed by atoms with E-state index >= 15 is 0 Å². The molecule has 2 heterocycles. The molecule has 0 atom stereocenters. The number of rotatable bonds is 3.